The second-order valence-electron chi connectivity index (χ2n) is 5.34. The molecule has 0 atom stereocenters. The van der Waals surface area contributed by atoms with Crippen molar-refractivity contribution in [2.75, 3.05) is 0 Å². The predicted molar refractivity (Wildman–Crippen MR) is 82.0 cm³/mol. The highest BCUT2D eigenvalue weighted by molar-refractivity contribution is 6.30. The van der Waals surface area contributed by atoms with Crippen LogP contribution in [0.1, 0.15) is 50.0 Å². The largest absolute Gasteiger partial charge is 0.462 e. The van der Waals surface area contributed by atoms with Crippen molar-refractivity contribution in [3.05, 3.63) is 47.5 Å². The quantitative estimate of drug-likeness (QED) is 0.571. The smallest absolute Gasteiger partial charge is 0.306 e. The Morgan fingerprint density at radius 2 is 1.90 bits per heavy atom. The Bertz CT molecular complexity index is 445. The number of esters is 1. The molecule has 0 N–H and O–H groups in total. The maximum atomic E-state index is 11.6. The number of carbonyl (C=O) groups excluding carboxylic acids is 1. The third kappa shape index (κ3) is 4.38. The second-order valence-corrected chi connectivity index (χ2v) is 5.78. The summed E-state index contributed by atoms with van der Waals surface area (Å²) < 4.78 is 5.49. The van der Waals surface area contributed by atoms with Crippen molar-refractivity contribution in [3.8, 4) is 0 Å². The number of halogens is 1. The highest BCUT2D eigenvalue weighted by atomic mass is 35.5. The Balaban J connectivity index is 1.78. The van der Waals surface area contributed by atoms with Crippen molar-refractivity contribution >= 4 is 17.6 Å². The van der Waals surface area contributed by atoms with Crippen LogP contribution in [0, 0.1) is 0 Å². The lowest BCUT2D eigenvalue weighted by Gasteiger charge is -2.28. The predicted octanol–water partition coefficient (Wildman–Crippen LogP) is 4.88. The van der Waals surface area contributed by atoms with Gasteiger partial charge in [-0.1, -0.05) is 29.8 Å². The summed E-state index contributed by atoms with van der Waals surface area (Å²) in [6.07, 6.45) is 7.02. The zero-order chi connectivity index (χ0) is 14.4. The third-order valence-electron chi connectivity index (χ3n) is 3.87. The molecule has 1 aliphatic carbocycles. The molecule has 0 saturated heterocycles. The van der Waals surface area contributed by atoms with E-state index >= 15 is 0 Å². The average molecular weight is 293 g/mol. The van der Waals surface area contributed by atoms with Gasteiger partial charge in [-0.2, -0.15) is 0 Å². The van der Waals surface area contributed by atoms with E-state index in [2.05, 4.69) is 18.7 Å². The summed E-state index contributed by atoms with van der Waals surface area (Å²) in [5.41, 5.74) is 1.34. The van der Waals surface area contributed by atoms with Crippen LogP contribution >= 0.6 is 11.6 Å². The Hall–Kier alpha value is -1.28. The Kier molecular flexibility index (Phi) is 5.66. The summed E-state index contributed by atoms with van der Waals surface area (Å²) in [4.78, 5) is 11.6. The molecule has 20 heavy (non-hydrogen) atoms. The molecule has 0 unspecified atom stereocenters. The Morgan fingerprint density at radius 3 is 2.50 bits per heavy atom. The molecule has 0 radical (unpaired) electrons. The average Bonchev–Trinajstić information content (AvgIpc) is 2.47. The molecule has 1 fully saturated rings. The molecule has 2 rings (SSSR count). The monoisotopic (exact) mass is 292 g/mol. The van der Waals surface area contributed by atoms with Gasteiger partial charge in [0, 0.05) is 11.4 Å². The molecular weight excluding hydrogens is 272 g/mol. The molecule has 1 aliphatic rings. The van der Waals surface area contributed by atoms with E-state index < -0.39 is 0 Å². The fraction of sp³-hybridized carbons (Fsp3) is 0.471. The van der Waals surface area contributed by atoms with Gasteiger partial charge in [0.05, 0.1) is 0 Å². The van der Waals surface area contributed by atoms with Gasteiger partial charge in [0.1, 0.15) is 6.10 Å². The summed E-state index contributed by atoms with van der Waals surface area (Å²) in [5, 5.41) is 0.776. The number of hydrogen-bond acceptors (Lipinski definition) is 2. The van der Waals surface area contributed by atoms with Crippen LogP contribution in [-0.2, 0) is 9.53 Å². The lowest BCUT2D eigenvalue weighted by atomic mass is 9.83. The van der Waals surface area contributed by atoms with Gasteiger partial charge in [-0.15, -0.1) is 6.58 Å². The fourth-order valence-electron chi connectivity index (χ4n) is 2.71. The van der Waals surface area contributed by atoms with Crippen molar-refractivity contribution in [1.29, 1.82) is 0 Å². The van der Waals surface area contributed by atoms with Gasteiger partial charge in [0.15, 0.2) is 0 Å². The highest BCUT2D eigenvalue weighted by Gasteiger charge is 2.24. The molecule has 0 bridgehead atoms. The molecular formula is C17H21ClO2. The van der Waals surface area contributed by atoms with E-state index in [9.17, 15) is 4.79 Å². The van der Waals surface area contributed by atoms with Gasteiger partial charge in [-0.25, -0.2) is 0 Å². The lowest BCUT2D eigenvalue weighted by molar-refractivity contribution is -0.150. The molecule has 0 spiro atoms. The second kappa shape index (κ2) is 7.49. The van der Waals surface area contributed by atoms with Crippen molar-refractivity contribution < 1.29 is 9.53 Å². The number of rotatable bonds is 5. The summed E-state index contributed by atoms with van der Waals surface area (Å²) in [7, 11) is 0. The summed E-state index contributed by atoms with van der Waals surface area (Å²) in [6.45, 7) is 3.61. The van der Waals surface area contributed by atoms with E-state index in [0.717, 1.165) is 30.7 Å². The minimum Gasteiger partial charge on any atom is -0.462 e. The van der Waals surface area contributed by atoms with Crippen LogP contribution in [0.4, 0.5) is 0 Å². The minimum absolute atomic E-state index is 0.0934. The maximum absolute atomic E-state index is 11.6. The molecule has 3 heteroatoms. The molecule has 2 nitrogen and oxygen atoms in total. The lowest BCUT2D eigenvalue weighted by Crippen LogP contribution is -2.23. The van der Waals surface area contributed by atoms with E-state index in [1.54, 1.807) is 6.08 Å². The van der Waals surface area contributed by atoms with Gasteiger partial charge in [0.2, 0.25) is 0 Å². The molecule has 108 valence electrons. The van der Waals surface area contributed by atoms with Crippen molar-refractivity contribution in [1.82, 2.24) is 0 Å². The molecule has 0 amide bonds. The third-order valence-corrected chi connectivity index (χ3v) is 4.12. The van der Waals surface area contributed by atoms with E-state index in [4.69, 9.17) is 16.3 Å². The van der Waals surface area contributed by atoms with E-state index in [1.165, 1.54) is 5.56 Å². The van der Waals surface area contributed by atoms with Gasteiger partial charge in [0.25, 0.3) is 0 Å². The summed E-state index contributed by atoms with van der Waals surface area (Å²) in [6, 6.07) is 8.09. The van der Waals surface area contributed by atoms with Gasteiger partial charge in [-0.3, -0.25) is 4.79 Å². The van der Waals surface area contributed by atoms with Crippen LogP contribution in [0.25, 0.3) is 0 Å². The normalized spacial score (nSPS) is 22.2. The highest BCUT2D eigenvalue weighted by Crippen LogP contribution is 2.34. The van der Waals surface area contributed by atoms with E-state index in [-0.39, 0.29) is 12.1 Å². The number of carbonyl (C=O) groups is 1. The number of benzene rings is 1. The topological polar surface area (TPSA) is 26.3 Å². The first-order chi connectivity index (χ1) is 9.69. The summed E-state index contributed by atoms with van der Waals surface area (Å²) >= 11 is 5.91. The summed E-state index contributed by atoms with van der Waals surface area (Å²) in [5.74, 6) is 0.468. The van der Waals surface area contributed by atoms with Crippen LogP contribution < -0.4 is 0 Å². The number of hydrogen-bond donors (Lipinski definition) is 0. The minimum atomic E-state index is -0.0974. The molecule has 1 aromatic rings. The van der Waals surface area contributed by atoms with Crippen molar-refractivity contribution in [2.45, 2.75) is 50.5 Å². The zero-order valence-electron chi connectivity index (χ0n) is 11.7. The maximum Gasteiger partial charge on any atom is 0.306 e. The number of allylic oxidation sites excluding steroid dienone is 1. The first-order valence-corrected chi connectivity index (χ1v) is 7.62. The Labute approximate surface area is 125 Å². The molecule has 1 aromatic carbocycles. The van der Waals surface area contributed by atoms with E-state index in [0.29, 0.717) is 18.8 Å². The SMILES string of the molecule is C=CCCC(=O)O[C@H]1CC[C@H](c2ccc(Cl)cc2)CC1. The standard InChI is InChI=1S/C17H21ClO2/c1-2-3-4-17(19)20-16-11-7-14(8-12-16)13-5-9-15(18)10-6-13/h2,5-6,9-10,14,16H,1,3-4,7-8,11-12H2/t14-,16-. The fourth-order valence-corrected chi connectivity index (χ4v) is 2.84. The van der Waals surface area contributed by atoms with Gasteiger partial charge < -0.3 is 4.74 Å². The molecule has 1 saturated carbocycles. The van der Waals surface area contributed by atoms with Gasteiger partial charge >= 0.3 is 5.97 Å². The first kappa shape index (κ1) is 15.1. The van der Waals surface area contributed by atoms with Crippen LogP contribution in [0.15, 0.2) is 36.9 Å². The van der Waals surface area contributed by atoms with Crippen LogP contribution in [0.5, 0.6) is 0 Å². The number of ether oxygens (including phenoxy) is 1. The van der Waals surface area contributed by atoms with Crippen LogP contribution in [-0.4, -0.2) is 12.1 Å². The van der Waals surface area contributed by atoms with Gasteiger partial charge in [-0.05, 0) is 55.7 Å². The first-order valence-electron chi connectivity index (χ1n) is 7.25. The molecule has 0 aromatic heterocycles. The van der Waals surface area contributed by atoms with Crippen LogP contribution in [0.3, 0.4) is 0 Å². The van der Waals surface area contributed by atoms with E-state index in [1.807, 2.05) is 12.1 Å². The zero-order valence-corrected chi connectivity index (χ0v) is 12.4. The molecule has 0 aliphatic heterocycles. The van der Waals surface area contributed by atoms with Crippen LogP contribution in [0.2, 0.25) is 5.02 Å². The van der Waals surface area contributed by atoms with Crippen molar-refractivity contribution in [2.24, 2.45) is 0 Å². The Morgan fingerprint density at radius 1 is 1.25 bits per heavy atom. The molecule has 0 heterocycles. The van der Waals surface area contributed by atoms with Crippen molar-refractivity contribution in [3.63, 3.8) is 0 Å².